The van der Waals surface area contributed by atoms with Crippen LogP contribution in [0.2, 0.25) is 0 Å². The lowest BCUT2D eigenvalue weighted by Gasteiger charge is -2.33. The molecule has 2 atom stereocenters. The molecule has 2 aliphatic rings. The summed E-state index contributed by atoms with van der Waals surface area (Å²) >= 11 is 1.05. The lowest BCUT2D eigenvalue weighted by atomic mass is 9.87. The Labute approximate surface area is 270 Å². The summed E-state index contributed by atoms with van der Waals surface area (Å²) in [6, 6.07) is 10.4. The van der Waals surface area contributed by atoms with Gasteiger partial charge in [-0.25, -0.2) is 4.98 Å². The van der Waals surface area contributed by atoms with Gasteiger partial charge in [-0.2, -0.15) is 23.4 Å². The van der Waals surface area contributed by atoms with Crippen molar-refractivity contribution < 1.29 is 18.0 Å². The molecule has 1 unspecified atom stereocenters. The van der Waals surface area contributed by atoms with E-state index in [9.17, 15) is 23.2 Å². The Morgan fingerprint density at radius 3 is 2.63 bits per heavy atom. The van der Waals surface area contributed by atoms with E-state index in [0.717, 1.165) is 67.7 Å². The Kier molecular flexibility index (Phi) is 9.12. The number of thiophene rings is 1. The summed E-state index contributed by atoms with van der Waals surface area (Å²) in [7, 11) is 1.70. The molecule has 1 aromatic carbocycles. The number of carbonyl (C=O) groups is 1. The van der Waals surface area contributed by atoms with Crippen molar-refractivity contribution in [3.05, 3.63) is 46.0 Å². The van der Waals surface area contributed by atoms with Gasteiger partial charge in [0.05, 0.1) is 11.8 Å². The highest BCUT2D eigenvalue weighted by Crippen LogP contribution is 2.35. The van der Waals surface area contributed by atoms with E-state index in [4.69, 9.17) is 0 Å². The molecule has 6 rings (SSSR count). The fraction of sp³-hybridized carbons (Fsp3) is 0.515. The molecule has 9 nitrogen and oxygen atoms in total. The largest absolute Gasteiger partial charge is 0.393 e. The first-order chi connectivity index (χ1) is 22.0. The fourth-order valence-electron chi connectivity index (χ4n) is 6.80. The molecule has 3 N–H and O–H groups in total. The first-order valence-corrected chi connectivity index (χ1v) is 16.6. The fourth-order valence-corrected chi connectivity index (χ4v) is 7.86. The number of halogens is 3. The molecule has 3 aromatic heterocycles. The van der Waals surface area contributed by atoms with Crippen LogP contribution in [0.25, 0.3) is 21.1 Å². The normalized spacial score (nSPS) is 18.9. The van der Waals surface area contributed by atoms with Gasteiger partial charge in [0.2, 0.25) is 11.9 Å². The highest BCUT2D eigenvalue weighted by Gasteiger charge is 2.30. The van der Waals surface area contributed by atoms with Crippen molar-refractivity contribution >= 4 is 50.1 Å². The maximum atomic E-state index is 13.1. The van der Waals surface area contributed by atoms with Crippen LogP contribution in [0.1, 0.15) is 54.3 Å². The maximum absolute atomic E-state index is 13.1. The number of piperidine rings is 2. The number of hydrogen-bond donors (Lipinski definition) is 3. The first kappa shape index (κ1) is 32.1. The van der Waals surface area contributed by atoms with Crippen LogP contribution in [-0.2, 0) is 24.3 Å². The summed E-state index contributed by atoms with van der Waals surface area (Å²) in [5, 5.41) is 21.1. The van der Waals surface area contributed by atoms with Crippen molar-refractivity contribution in [1.82, 2.24) is 24.8 Å². The molecule has 0 bridgehead atoms. The predicted octanol–water partition coefficient (Wildman–Crippen LogP) is 6.21. The molecule has 0 aliphatic carbocycles. The molecule has 5 heterocycles. The van der Waals surface area contributed by atoms with Crippen molar-refractivity contribution in [2.45, 2.75) is 71.3 Å². The van der Waals surface area contributed by atoms with Gasteiger partial charge in [0, 0.05) is 68.0 Å². The van der Waals surface area contributed by atoms with Crippen LogP contribution in [0.3, 0.4) is 0 Å². The summed E-state index contributed by atoms with van der Waals surface area (Å²) in [6.45, 7) is 8.28. The highest BCUT2D eigenvalue weighted by atomic mass is 32.1. The van der Waals surface area contributed by atoms with Crippen LogP contribution < -0.4 is 16.0 Å². The minimum atomic E-state index is -4.28. The SMILES string of the molecule is CNc1nc(NC2CCN(Cc3ccc4c(cc(C#N)n4C[C@H](C)C4CCC(=O)NC4)c3C)CC2)c2cc(CC(F)(F)F)sc2n1. The van der Waals surface area contributed by atoms with E-state index >= 15 is 0 Å². The summed E-state index contributed by atoms with van der Waals surface area (Å²) in [5.41, 5.74) is 4.14. The smallest absolute Gasteiger partial charge is 0.367 e. The monoisotopic (exact) mass is 652 g/mol. The van der Waals surface area contributed by atoms with Gasteiger partial charge >= 0.3 is 6.18 Å². The van der Waals surface area contributed by atoms with E-state index in [1.807, 2.05) is 6.07 Å². The number of alkyl halides is 3. The van der Waals surface area contributed by atoms with E-state index in [2.05, 4.69) is 67.4 Å². The molecule has 0 spiro atoms. The van der Waals surface area contributed by atoms with E-state index in [1.165, 1.54) is 11.1 Å². The topological polar surface area (TPSA) is 111 Å². The number of hydrogen-bond acceptors (Lipinski definition) is 8. The van der Waals surface area contributed by atoms with Gasteiger partial charge in [-0.05, 0) is 67.3 Å². The van der Waals surface area contributed by atoms with Gasteiger partial charge in [0.1, 0.15) is 22.4 Å². The predicted molar refractivity (Wildman–Crippen MR) is 175 cm³/mol. The van der Waals surface area contributed by atoms with Crippen LogP contribution in [-0.4, -0.2) is 64.2 Å². The van der Waals surface area contributed by atoms with E-state index in [0.29, 0.717) is 52.5 Å². The van der Waals surface area contributed by atoms with Crippen LogP contribution in [0.4, 0.5) is 24.9 Å². The van der Waals surface area contributed by atoms with E-state index in [-0.39, 0.29) is 16.8 Å². The average Bonchev–Trinajstić information content (AvgIpc) is 3.59. The van der Waals surface area contributed by atoms with Crippen molar-refractivity contribution in [2.75, 3.05) is 37.3 Å². The van der Waals surface area contributed by atoms with Crippen molar-refractivity contribution in [1.29, 1.82) is 5.26 Å². The van der Waals surface area contributed by atoms with Crippen molar-refractivity contribution in [3.8, 4) is 6.07 Å². The molecule has 4 aromatic rings. The van der Waals surface area contributed by atoms with Crippen LogP contribution in [0.15, 0.2) is 24.3 Å². The molecule has 1 amide bonds. The molecule has 0 radical (unpaired) electrons. The third-order valence-corrected chi connectivity index (χ3v) is 10.6. The van der Waals surface area contributed by atoms with Crippen molar-refractivity contribution in [3.63, 3.8) is 0 Å². The number of rotatable bonds is 9. The van der Waals surface area contributed by atoms with Gasteiger partial charge < -0.3 is 20.5 Å². The zero-order chi connectivity index (χ0) is 32.6. The third kappa shape index (κ3) is 6.93. The molecule has 2 aliphatic heterocycles. The molecule has 13 heteroatoms. The number of fused-ring (bicyclic) bond motifs is 2. The zero-order valence-electron chi connectivity index (χ0n) is 26.3. The lowest BCUT2D eigenvalue weighted by molar-refractivity contribution is -0.126. The van der Waals surface area contributed by atoms with Gasteiger partial charge in [0.25, 0.3) is 0 Å². The first-order valence-electron chi connectivity index (χ1n) is 15.8. The summed E-state index contributed by atoms with van der Waals surface area (Å²) in [6.07, 6.45) is -2.08. The number of aryl methyl sites for hydroxylation is 1. The number of nitrogens with zero attached hydrogens (tertiary/aromatic N) is 5. The van der Waals surface area contributed by atoms with Crippen LogP contribution in [0.5, 0.6) is 0 Å². The Balaban J connectivity index is 1.11. The molecule has 2 fully saturated rings. The number of nitrogens with one attached hydrogen (secondary N) is 3. The Hall–Kier alpha value is -3.89. The average molecular weight is 653 g/mol. The molecular weight excluding hydrogens is 613 g/mol. The van der Waals surface area contributed by atoms with E-state index in [1.54, 1.807) is 13.1 Å². The summed E-state index contributed by atoms with van der Waals surface area (Å²) < 4.78 is 41.3. The maximum Gasteiger partial charge on any atom is 0.393 e. The lowest BCUT2D eigenvalue weighted by Crippen LogP contribution is -2.39. The number of benzene rings is 1. The third-order valence-electron chi connectivity index (χ3n) is 9.52. The zero-order valence-corrected chi connectivity index (χ0v) is 27.1. The minimum Gasteiger partial charge on any atom is -0.367 e. The molecule has 0 saturated carbocycles. The number of likely N-dealkylation sites (tertiary alicyclic amines) is 1. The van der Waals surface area contributed by atoms with Gasteiger partial charge in [-0.3, -0.25) is 9.69 Å². The van der Waals surface area contributed by atoms with Crippen LogP contribution in [0, 0.1) is 30.1 Å². The molecular formula is C33H39F3N8OS. The number of aromatic nitrogens is 3. The van der Waals surface area contributed by atoms with Gasteiger partial charge in [-0.1, -0.05) is 13.0 Å². The second kappa shape index (κ2) is 13.1. The van der Waals surface area contributed by atoms with Gasteiger partial charge in [0.15, 0.2) is 0 Å². The Morgan fingerprint density at radius 2 is 1.96 bits per heavy atom. The molecule has 46 heavy (non-hydrogen) atoms. The van der Waals surface area contributed by atoms with E-state index < -0.39 is 12.6 Å². The van der Waals surface area contributed by atoms with Crippen molar-refractivity contribution in [2.24, 2.45) is 11.8 Å². The second-order valence-electron chi connectivity index (χ2n) is 12.7. The Morgan fingerprint density at radius 1 is 1.17 bits per heavy atom. The summed E-state index contributed by atoms with van der Waals surface area (Å²) in [4.78, 5) is 23.7. The number of anilines is 2. The number of carbonyl (C=O) groups excluding carboxylic acids is 1. The quantitative estimate of drug-likeness (QED) is 0.197. The molecule has 2 saturated heterocycles. The number of nitriles is 1. The second-order valence-corrected chi connectivity index (χ2v) is 13.8. The summed E-state index contributed by atoms with van der Waals surface area (Å²) in [5.74, 6) is 1.78. The number of amides is 1. The standard InChI is InChI=1S/C33H39F3N8OS/c1-19(21-5-7-29(45)39-16-21)17-44-24(15-37)12-26-20(2)22(4-6-28(26)44)18-43-10-8-23(9-11-43)40-30-27-13-25(14-33(34,35)36)46-31(27)42-32(38-3)41-30/h4,6,12-13,19,21,23H,5,7-11,14,16-18H2,1-3H3,(H,39,45)(H2,38,40,41,42)/t19-,21?/m0/s1. The molecule has 244 valence electrons. The highest BCUT2D eigenvalue weighted by molar-refractivity contribution is 7.18. The minimum absolute atomic E-state index is 0.117. The van der Waals surface area contributed by atoms with Crippen LogP contribution >= 0.6 is 11.3 Å². The Bertz CT molecular complexity index is 1770. The van der Waals surface area contributed by atoms with Gasteiger partial charge in [-0.15, -0.1) is 11.3 Å².